The summed E-state index contributed by atoms with van der Waals surface area (Å²) >= 11 is 0.871. The third-order valence-corrected chi connectivity index (χ3v) is 2.91. The third kappa shape index (κ3) is 4.04. The van der Waals surface area contributed by atoms with Gasteiger partial charge in [-0.05, 0) is 22.6 Å². The summed E-state index contributed by atoms with van der Waals surface area (Å²) in [7, 11) is 0. The summed E-state index contributed by atoms with van der Waals surface area (Å²) in [6.07, 6.45) is -13.9. The van der Waals surface area contributed by atoms with Crippen molar-refractivity contribution in [3.63, 3.8) is 0 Å². The fourth-order valence-electron chi connectivity index (χ4n) is 1.07. The van der Waals surface area contributed by atoms with E-state index in [0.717, 1.165) is 22.6 Å². The van der Waals surface area contributed by atoms with Crippen LogP contribution in [0.15, 0.2) is 6.20 Å². The number of pyridine rings is 1. The van der Waals surface area contributed by atoms with Gasteiger partial charge in [-0.25, -0.2) is 13.8 Å². The van der Waals surface area contributed by atoms with E-state index in [1.165, 1.54) is 0 Å². The molecule has 0 aromatic carbocycles. The van der Waals surface area contributed by atoms with Gasteiger partial charge in [0.2, 0.25) is 5.88 Å². The summed E-state index contributed by atoms with van der Waals surface area (Å²) < 4.78 is 100. The molecule has 1 rings (SSSR count). The van der Waals surface area contributed by atoms with E-state index in [2.05, 4.69) is 9.72 Å². The molecule has 0 unspecified atom stereocenters. The predicted octanol–water partition coefficient (Wildman–Crippen LogP) is 4.54. The average molecular weight is 407 g/mol. The maximum Gasteiger partial charge on any atom is 0.574 e. The normalized spacial score (nSPS) is 12.9. The van der Waals surface area contributed by atoms with Crippen LogP contribution in [0.4, 0.5) is 35.1 Å². The largest absolute Gasteiger partial charge is 0.574 e. The Kier molecular flexibility index (Phi) is 4.47. The summed E-state index contributed by atoms with van der Waals surface area (Å²) in [6.45, 7) is 0. The number of halogens is 9. The lowest BCUT2D eigenvalue weighted by atomic mass is 10.2. The minimum atomic E-state index is -5.33. The number of aromatic nitrogens is 1. The molecule has 0 aliphatic heterocycles. The van der Waals surface area contributed by atoms with Crippen LogP contribution >= 0.6 is 22.6 Å². The zero-order valence-corrected chi connectivity index (χ0v) is 10.6. The molecule has 0 aliphatic carbocycles. The maximum atomic E-state index is 12.6. The van der Waals surface area contributed by atoms with E-state index >= 15 is 0 Å². The molecular formula is C8H2F8INO. The molecular weight excluding hydrogens is 405 g/mol. The lowest BCUT2D eigenvalue weighted by Gasteiger charge is -2.16. The molecule has 0 aliphatic rings. The summed E-state index contributed by atoms with van der Waals surface area (Å²) in [5.74, 6) is -1.60. The molecule has 0 saturated heterocycles. The van der Waals surface area contributed by atoms with Crippen LogP contribution in [0.25, 0.3) is 0 Å². The first kappa shape index (κ1) is 16.2. The Morgan fingerprint density at radius 1 is 1.11 bits per heavy atom. The molecule has 0 N–H and O–H groups in total. The van der Waals surface area contributed by atoms with Gasteiger partial charge in [0.25, 0.3) is 6.43 Å². The highest BCUT2D eigenvalue weighted by Crippen LogP contribution is 2.41. The molecule has 0 atom stereocenters. The fourth-order valence-corrected chi connectivity index (χ4v) is 1.98. The molecule has 0 saturated carbocycles. The van der Waals surface area contributed by atoms with Crippen LogP contribution in [0.1, 0.15) is 17.6 Å². The number of hydrogen-bond donors (Lipinski definition) is 0. The van der Waals surface area contributed by atoms with Gasteiger partial charge in [0.05, 0.1) is 11.1 Å². The van der Waals surface area contributed by atoms with Crippen LogP contribution in [-0.4, -0.2) is 11.3 Å². The van der Waals surface area contributed by atoms with E-state index in [1.807, 2.05) is 0 Å². The number of rotatable bonds is 2. The minimum Gasteiger partial charge on any atom is -0.387 e. The molecule has 0 spiro atoms. The Morgan fingerprint density at radius 3 is 2.00 bits per heavy atom. The van der Waals surface area contributed by atoms with E-state index in [1.54, 1.807) is 0 Å². The van der Waals surface area contributed by atoms with Crippen molar-refractivity contribution >= 4 is 22.6 Å². The molecule has 1 aromatic rings. The highest BCUT2D eigenvalue weighted by molar-refractivity contribution is 14.1. The van der Waals surface area contributed by atoms with E-state index < -0.39 is 39.5 Å². The molecule has 19 heavy (non-hydrogen) atoms. The van der Waals surface area contributed by atoms with Gasteiger partial charge in [-0.1, -0.05) is 0 Å². The van der Waals surface area contributed by atoms with Gasteiger partial charge < -0.3 is 4.74 Å². The SMILES string of the molecule is FC(F)c1c(OC(F)(F)F)ncc(C(F)(F)F)c1I. The second-order valence-electron chi connectivity index (χ2n) is 3.05. The highest BCUT2D eigenvalue weighted by atomic mass is 127. The van der Waals surface area contributed by atoms with E-state index in [-0.39, 0.29) is 6.20 Å². The lowest BCUT2D eigenvalue weighted by molar-refractivity contribution is -0.276. The summed E-state index contributed by atoms with van der Waals surface area (Å²) in [4.78, 5) is 2.67. The molecule has 2 nitrogen and oxygen atoms in total. The number of ether oxygens (including phenoxy) is 1. The highest BCUT2D eigenvalue weighted by Gasteiger charge is 2.40. The first-order valence-corrected chi connectivity index (χ1v) is 5.31. The van der Waals surface area contributed by atoms with Crippen molar-refractivity contribution in [1.82, 2.24) is 4.98 Å². The molecule has 11 heteroatoms. The van der Waals surface area contributed by atoms with Gasteiger partial charge in [0, 0.05) is 9.77 Å². The fraction of sp³-hybridized carbons (Fsp3) is 0.375. The zero-order valence-electron chi connectivity index (χ0n) is 8.41. The van der Waals surface area contributed by atoms with Gasteiger partial charge in [0.15, 0.2) is 0 Å². The first-order chi connectivity index (χ1) is 8.43. The molecule has 0 amide bonds. The standard InChI is InChI=1S/C8H2F8INO/c9-5(10)3-4(17)2(7(11,12)13)1-18-6(3)19-8(14,15)16/h1,5H. The predicted molar refractivity (Wildman–Crippen MR) is 53.6 cm³/mol. The second kappa shape index (κ2) is 5.25. The van der Waals surface area contributed by atoms with Crippen LogP contribution in [0, 0.1) is 3.57 Å². The van der Waals surface area contributed by atoms with Crippen LogP contribution in [0.5, 0.6) is 5.88 Å². The Bertz CT molecular complexity index is 469. The second-order valence-corrected chi connectivity index (χ2v) is 4.13. The Hall–Kier alpha value is -0.880. The van der Waals surface area contributed by atoms with E-state index in [0.29, 0.717) is 0 Å². The summed E-state index contributed by atoms with van der Waals surface area (Å²) in [6, 6.07) is 0. The van der Waals surface area contributed by atoms with E-state index in [4.69, 9.17) is 0 Å². The number of nitrogens with zero attached hydrogens (tertiary/aromatic N) is 1. The monoisotopic (exact) mass is 407 g/mol. The molecule has 0 fully saturated rings. The maximum absolute atomic E-state index is 12.6. The zero-order chi connectivity index (χ0) is 15.0. The Morgan fingerprint density at radius 2 is 1.63 bits per heavy atom. The average Bonchev–Trinajstić information content (AvgIpc) is 2.11. The van der Waals surface area contributed by atoms with Crippen molar-refractivity contribution in [3.05, 3.63) is 20.9 Å². The van der Waals surface area contributed by atoms with Gasteiger partial charge in [-0.2, -0.15) is 13.2 Å². The summed E-state index contributed by atoms with van der Waals surface area (Å²) in [5, 5.41) is 0. The number of alkyl halides is 8. The van der Waals surface area contributed by atoms with Gasteiger partial charge in [0.1, 0.15) is 0 Å². The van der Waals surface area contributed by atoms with E-state index in [9.17, 15) is 35.1 Å². The molecule has 1 heterocycles. The van der Waals surface area contributed by atoms with Crippen LogP contribution in [0.3, 0.4) is 0 Å². The minimum absolute atomic E-state index is 0.00866. The van der Waals surface area contributed by atoms with Gasteiger partial charge in [-0.3, -0.25) is 0 Å². The third-order valence-electron chi connectivity index (χ3n) is 1.75. The van der Waals surface area contributed by atoms with Crippen molar-refractivity contribution in [1.29, 1.82) is 0 Å². The quantitative estimate of drug-likeness (QED) is 0.531. The van der Waals surface area contributed by atoms with Crippen molar-refractivity contribution < 1.29 is 39.9 Å². The Balaban J connectivity index is 3.41. The Labute approximate surface area is 113 Å². The van der Waals surface area contributed by atoms with Crippen LogP contribution in [-0.2, 0) is 6.18 Å². The van der Waals surface area contributed by atoms with Crippen LogP contribution in [0.2, 0.25) is 0 Å². The molecule has 1 aromatic heterocycles. The lowest BCUT2D eigenvalue weighted by Crippen LogP contribution is -2.21. The topological polar surface area (TPSA) is 22.1 Å². The first-order valence-electron chi connectivity index (χ1n) is 4.23. The number of hydrogen-bond acceptors (Lipinski definition) is 2. The van der Waals surface area contributed by atoms with Crippen LogP contribution < -0.4 is 4.74 Å². The van der Waals surface area contributed by atoms with Gasteiger partial charge >= 0.3 is 12.5 Å². The van der Waals surface area contributed by atoms with Crippen molar-refractivity contribution in [3.8, 4) is 5.88 Å². The van der Waals surface area contributed by atoms with Crippen molar-refractivity contribution in [2.45, 2.75) is 19.0 Å². The van der Waals surface area contributed by atoms with Crippen molar-refractivity contribution in [2.75, 3.05) is 0 Å². The molecule has 0 radical (unpaired) electrons. The van der Waals surface area contributed by atoms with Crippen molar-refractivity contribution in [2.24, 2.45) is 0 Å². The van der Waals surface area contributed by atoms with Gasteiger partial charge in [-0.15, -0.1) is 13.2 Å². The smallest absolute Gasteiger partial charge is 0.387 e. The molecule has 0 bridgehead atoms. The molecule has 108 valence electrons. The summed E-state index contributed by atoms with van der Waals surface area (Å²) in [5.41, 5.74) is -3.11.